The van der Waals surface area contributed by atoms with Crippen LogP contribution in [0, 0.1) is 0 Å². The van der Waals surface area contributed by atoms with Crippen molar-refractivity contribution in [1.82, 2.24) is 26.1 Å². The molecule has 4 N–H and O–H groups in total. The summed E-state index contributed by atoms with van der Waals surface area (Å²) in [5, 5.41) is 15.4. The van der Waals surface area contributed by atoms with Gasteiger partial charge in [0.05, 0.1) is 6.54 Å². The topological polar surface area (TPSA) is 94.2 Å². The summed E-state index contributed by atoms with van der Waals surface area (Å²) in [5.41, 5.74) is 0.468. The summed E-state index contributed by atoms with van der Waals surface area (Å²) in [6, 6.07) is 2.02. The largest absolute Gasteiger partial charge is 0.355 e. The van der Waals surface area contributed by atoms with Crippen LogP contribution in [0.2, 0.25) is 0 Å². The third kappa shape index (κ3) is 4.17. The number of aliphatic imine (C=N–C) groups is 1. The zero-order chi connectivity index (χ0) is 12.1. The molecule has 0 saturated heterocycles. The van der Waals surface area contributed by atoms with Crippen molar-refractivity contribution in [2.45, 2.75) is 13.0 Å². The number of carbonyl (C=O) groups excluding carboxylic acids is 1. The molecule has 2 heterocycles. The standard InChI is InChI=1S/C10H16N6O.HI/c1-7-6-13-10(15-7)12-5-4-11-9(17)8-2-3-14-16-8;/h2-3,7H,4-6H2,1H3,(H,11,17)(H,14,16)(H2,12,13,15);1H. The maximum absolute atomic E-state index is 11.5. The summed E-state index contributed by atoms with van der Waals surface area (Å²) >= 11 is 0. The number of guanidine groups is 1. The van der Waals surface area contributed by atoms with Crippen molar-refractivity contribution >= 4 is 35.8 Å². The van der Waals surface area contributed by atoms with Gasteiger partial charge in [-0.25, -0.2) is 0 Å². The molecule has 1 unspecified atom stereocenters. The second kappa shape index (κ2) is 7.19. The first-order valence-electron chi connectivity index (χ1n) is 5.58. The third-order valence-corrected chi connectivity index (χ3v) is 2.35. The predicted octanol–water partition coefficient (Wildman–Crippen LogP) is -0.305. The van der Waals surface area contributed by atoms with Gasteiger partial charge >= 0.3 is 0 Å². The molecular formula is C10H17IN6O. The Kier molecular flexibility index (Phi) is 5.89. The number of hydrogen-bond acceptors (Lipinski definition) is 5. The zero-order valence-electron chi connectivity index (χ0n) is 10.1. The summed E-state index contributed by atoms with van der Waals surface area (Å²) in [5.74, 6) is 0.646. The van der Waals surface area contributed by atoms with Gasteiger partial charge in [0.25, 0.3) is 5.91 Å². The van der Waals surface area contributed by atoms with Crippen molar-refractivity contribution in [1.29, 1.82) is 0 Å². The number of hydrogen-bond donors (Lipinski definition) is 4. The quantitative estimate of drug-likeness (QED) is 0.436. The summed E-state index contributed by atoms with van der Waals surface area (Å²) in [6.45, 7) is 4.03. The molecule has 0 aliphatic carbocycles. The Morgan fingerprint density at radius 2 is 2.39 bits per heavy atom. The molecule has 8 heteroatoms. The minimum atomic E-state index is -0.154. The second-order valence-corrected chi connectivity index (χ2v) is 3.89. The molecule has 0 spiro atoms. The Morgan fingerprint density at radius 3 is 3.00 bits per heavy atom. The number of carbonyl (C=O) groups is 1. The Hall–Kier alpha value is -1.32. The normalized spacial score (nSPS) is 17.4. The van der Waals surface area contributed by atoms with E-state index in [-0.39, 0.29) is 29.9 Å². The highest BCUT2D eigenvalue weighted by molar-refractivity contribution is 14.0. The van der Waals surface area contributed by atoms with Crippen LogP contribution in [0.5, 0.6) is 0 Å². The fourth-order valence-electron chi connectivity index (χ4n) is 1.49. The van der Waals surface area contributed by atoms with Gasteiger partial charge in [0.15, 0.2) is 5.96 Å². The Bertz CT molecular complexity index is 405. The lowest BCUT2D eigenvalue weighted by atomic mass is 10.4. The van der Waals surface area contributed by atoms with E-state index in [1.807, 2.05) is 0 Å². The van der Waals surface area contributed by atoms with E-state index in [1.54, 1.807) is 12.3 Å². The van der Waals surface area contributed by atoms with Crippen molar-refractivity contribution in [3.63, 3.8) is 0 Å². The van der Waals surface area contributed by atoms with Gasteiger partial charge in [-0.05, 0) is 13.0 Å². The molecule has 0 fully saturated rings. The Labute approximate surface area is 122 Å². The van der Waals surface area contributed by atoms with Crippen molar-refractivity contribution in [2.75, 3.05) is 19.6 Å². The van der Waals surface area contributed by atoms with E-state index in [4.69, 9.17) is 0 Å². The van der Waals surface area contributed by atoms with Crippen LogP contribution >= 0.6 is 24.0 Å². The number of aromatic nitrogens is 2. The van der Waals surface area contributed by atoms with E-state index in [9.17, 15) is 4.79 Å². The summed E-state index contributed by atoms with van der Waals surface area (Å²) < 4.78 is 0. The van der Waals surface area contributed by atoms with Gasteiger partial charge < -0.3 is 16.0 Å². The third-order valence-electron chi connectivity index (χ3n) is 2.35. The zero-order valence-corrected chi connectivity index (χ0v) is 12.4. The molecule has 1 aliphatic heterocycles. The van der Waals surface area contributed by atoms with E-state index < -0.39 is 0 Å². The maximum atomic E-state index is 11.5. The molecule has 0 aromatic carbocycles. The van der Waals surface area contributed by atoms with Crippen molar-refractivity contribution < 1.29 is 4.79 Å². The van der Waals surface area contributed by atoms with Crippen molar-refractivity contribution in [2.24, 2.45) is 4.99 Å². The number of H-pyrrole nitrogens is 1. The monoisotopic (exact) mass is 364 g/mol. The van der Waals surface area contributed by atoms with Crippen LogP contribution in [0.15, 0.2) is 17.3 Å². The fourth-order valence-corrected chi connectivity index (χ4v) is 1.49. The summed E-state index contributed by atoms with van der Waals surface area (Å²) in [7, 11) is 0. The molecule has 1 aliphatic rings. The van der Waals surface area contributed by atoms with Gasteiger partial charge in [-0.2, -0.15) is 5.10 Å². The van der Waals surface area contributed by atoms with E-state index in [0.717, 1.165) is 12.5 Å². The molecule has 0 saturated carbocycles. The van der Waals surface area contributed by atoms with Gasteiger partial charge in [-0.1, -0.05) is 0 Å². The minimum Gasteiger partial charge on any atom is -0.355 e. The lowest BCUT2D eigenvalue weighted by Gasteiger charge is -2.09. The highest BCUT2D eigenvalue weighted by Gasteiger charge is 2.11. The number of halogens is 1. The molecule has 0 radical (unpaired) electrons. The summed E-state index contributed by atoms with van der Waals surface area (Å²) in [6.07, 6.45) is 1.55. The average molecular weight is 364 g/mol. The van der Waals surface area contributed by atoms with Crippen LogP contribution in [0.25, 0.3) is 0 Å². The van der Waals surface area contributed by atoms with Crippen LogP contribution in [-0.4, -0.2) is 47.7 Å². The first kappa shape index (κ1) is 14.7. The van der Waals surface area contributed by atoms with Crippen molar-refractivity contribution in [3.05, 3.63) is 18.0 Å². The van der Waals surface area contributed by atoms with Gasteiger partial charge in [0.2, 0.25) is 0 Å². The number of aromatic amines is 1. The molecule has 1 aromatic rings. The van der Waals surface area contributed by atoms with Crippen LogP contribution in [0.1, 0.15) is 17.4 Å². The van der Waals surface area contributed by atoms with E-state index in [0.29, 0.717) is 24.8 Å². The number of nitrogens with one attached hydrogen (secondary N) is 4. The second-order valence-electron chi connectivity index (χ2n) is 3.89. The van der Waals surface area contributed by atoms with E-state index in [1.165, 1.54) is 0 Å². The molecule has 2 rings (SSSR count). The van der Waals surface area contributed by atoms with Crippen LogP contribution in [0.4, 0.5) is 0 Å². The van der Waals surface area contributed by atoms with E-state index in [2.05, 4.69) is 38.1 Å². The first-order chi connectivity index (χ1) is 8.25. The minimum absolute atomic E-state index is 0. The first-order valence-corrected chi connectivity index (χ1v) is 5.58. The highest BCUT2D eigenvalue weighted by Crippen LogP contribution is 1.92. The van der Waals surface area contributed by atoms with E-state index >= 15 is 0 Å². The van der Waals surface area contributed by atoms with Gasteiger partial charge in [0.1, 0.15) is 5.69 Å². The maximum Gasteiger partial charge on any atom is 0.269 e. The van der Waals surface area contributed by atoms with Crippen LogP contribution < -0.4 is 16.0 Å². The molecular weight excluding hydrogens is 347 g/mol. The SMILES string of the molecule is CC1CN=C(NCCNC(=O)c2ccn[nH]2)N1.I. The summed E-state index contributed by atoms with van der Waals surface area (Å²) in [4.78, 5) is 15.7. The average Bonchev–Trinajstić information content (AvgIpc) is 2.95. The van der Waals surface area contributed by atoms with Gasteiger partial charge in [-0.15, -0.1) is 24.0 Å². The van der Waals surface area contributed by atoms with Crippen LogP contribution in [-0.2, 0) is 0 Å². The smallest absolute Gasteiger partial charge is 0.269 e. The van der Waals surface area contributed by atoms with Gasteiger partial charge in [0, 0.05) is 25.3 Å². The molecule has 1 amide bonds. The number of nitrogens with zero attached hydrogens (tertiary/aromatic N) is 2. The van der Waals surface area contributed by atoms with Crippen LogP contribution in [0.3, 0.4) is 0 Å². The number of rotatable bonds is 4. The predicted molar refractivity (Wildman–Crippen MR) is 79.2 cm³/mol. The molecule has 1 atom stereocenters. The number of amides is 1. The lowest BCUT2D eigenvalue weighted by molar-refractivity contribution is 0.0949. The fraction of sp³-hybridized carbons (Fsp3) is 0.500. The van der Waals surface area contributed by atoms with Crippen molar-refractivity contribution in [3.8, 4) is 0 Å². The molecule has 100 valence electrons. The lowest BCUT2D eigenvalue weighted by Crippen LogP contribution is -2.41. The van der Waals surface area contributed by atoms with Gasteiger partial charge in [-0.3, -0.25) is 14.9 Å². The Balaban J connectivity index is 0.00000162. The molecule has 0 bridgehead atoms. The molecule has 18 heavy (non-hydrogen) atoms. The molecule has 7 nitrogen and oxygen atoms in total. The Morgan fingerprint density at radius 1 is 1.56 bits per heavy atom. The molecule has 1 aromatic heterocycles. The highest BCUT2D eigenvalue weighted by atomic mass is 127.